The number of rotatable bonds is 3. The third-order valence-electron chi connectivity index (χ3n) is 3.08. The van der Waals surface area contributed by atoms with Crippen molar-refractivity contribution in [1.82, 2.24) is 0 Å². The van der Waals surface area contributed by atoms with Crippen LogP contribution < -0.4 is 5.73 Å². The third kappa shape index (κ3) is 1.96. The van der Waals surface area contributed by atoms with Crippen LogP contribution in [0.5, 0.6) is 0 Å². The van der Waals surface area contributed by atoms with Gasteiger partial charge in [0.2, 0.25) is 0 Å². The van der Waals surface area contributed by atoms with E-state index in [0.717, 1.165) is 11.6 Å². The topological polar surface area (TPSA) is 26.0 Å². The van der Waals surface area contributed by atoms with E-state index in [1.165, 1.54) is 17.6 Å². The van der Waals surface area contributed by atoms with E-state index in [-0.39, 0.29) is 0 Å². The highest BCUT2D eigenvalue weighted by atomic mass is 14.6. The highest BCUT2D eigenvalue weighted by Crippen LogP contribution is 2.48. The van der Waals surface area contributed by atoms with E-state index < -0.39 is 0 Å². The lowest BCUT2D eigenvalue weighted by atomic mass is 9.98. The zero-order valence-corrected chi connectivity index (χ0v) is 9.11. The van der Waals surface area contributed by atoms with Gasteiger partial charge in [-0.2, -0.15) is 0 Å². The lowest BCUT2D eigenvalue weighted by Crippen LogP contribution is -1.95. The molecule has 1 aromatic rings. The SMILES string of the molecule is C=C/C=C(\c1ccccc1N)[C@@H]1C[C@H]1C. The minimum absolute atomic E-state index is 0.674. The van der Waals surface area contributed by atoms with Crippen molar-refractivity contribution in [2.75, 3.05) is 5.73 Å². The van der Waals surface area contributed by atoms with Gasteiger partial charge in [-0.05, 0) is 29.9 Å². The monoisotopic (exact) mass is 199 g/mol. The van der Waals surface area contributed by atoms with Crippen LogP contribution in [0.25, 0.3) is 5.57 Å². The number of hydrogen-bond donors (Lipinski definition) is 1. The van der Waals surface area contributed by atoms with E-state index in [0.29, 0.717) is 5.92 Å². The molecule has 0 unspecified atom stereocenters. The second kappa shape index (κ2) is 3.93. The van der Waals surface area contributed by atoms with Gasteiger partial charge in [-0.1, -0.05) is 43.9 Å². The molecular formula is C14H17N. The Morgan fingerprint density at radius 1 is 1.47 bits per heavy atom. The molecule has 1 aliphatic rings. The standard InChI is InChI=1S/C14H17N/c1-3-6-11(13-9-10(13)2)12-7-4-5-8-14(12)15/h3-8,10,13H,1,9,15H2,2H3/b11-6+/t10-,13-/m1/s1. The van der Waals surface area contributed by atoms with E-state index in [4.69, 9.17) is 5.73 Å². The lowest BCUT2D eigenvalue weighted by molar-refractivity contribution is 0.911. The Morgan fingerprint density at radius 3 is 2.67 bits per heavy atom. The zero-order valence-electron chi connectivity index (χ0n) is 9.11. The number of hydrogen-bond acceptors (Lipinski definition) is 1. The van der Waals surface area contributed by atoms with Crippen molar-refractivity contribution >= 4 is 11.3 Å². The van der Waals surface area contributed by atoms with Gasteiger partial charge in [0, 0.05) is 11.3 Å². The Hall–Kier alpha value is -1.50. The van der Waals surface area contributed by atoms with Crippen molar-refractivity contribution < 1.29 is 0 Å². The van der Waals surface area contributed by atoms with Crippen LogP contribution in [-0.2, 0) is 0 Å². The molecule has 1 heteroatoms. The van der Waals surface area contributed by atoms with Gasteiger partial charge in [-0.3, -0.25) is 0 Å². The van der Waals surface area contributed by atoms with Gasteiger partial charge < -0.3 is 5.73 Å². The van der Waals surface area contributed by atoms with Crippen LogP contribution in [0.4, 0.5) is 5.69 Å². The van der Waals surface area contributed by atoms with Gasteiger partial charge in [0.1, 0.15) is 0 Å². The molecule has 0 bridgehead atoms. The van der Waals surface area contributed by atoms with Crippen molar-refractivity contribution in [1.29, 1.82) is 0 Å². The summed E-state index contributed by atoms with van der Waals surface area (Å²) in [6.45, 7) is 6.05. The average molecular weight is 199 g/mol. The molecule has 1 fully saturated rings. The van der Waals surface area contributed by atoms with Gasteiger partial charge in [0.15, 0.2) is 0 Å². The van der Waals surface area contributed by atoms with Crippen molar-refractivity contribution in [2.24, 2.45) is 11.8 Å². The van der Waals surface area contributed by atoms with Crippen LogP contribution in [0, 0.1) is 11.8 Å². The van der Waals surface area contributed by atoms with Gasteiger partial charge in [0.25, 0.3) is 0 Å². The average Bonchev–Trinajstić information content (AvgIpc) is 2.93. The van der Waals surface area contributed by atoms with Gasteiger partial charge in [0.05, 0.1) is 0 Å². The molecule has 2 rings (SSSR count). The van der Waals surface area contributed by atoms with Crippen LogP contribution in [0.3, 0.4) is 0 Å². The molecule has 0 saturated heterocycles. The Morgan fingerprint density at radius 2 is 2.13 bits per heavy atom. The molecule has 0 radical (unpaired) electrons. The molecule has 2 atom stereocenters. The Bertz CT molecular complexity index is 404. The Kier molecular flexibility index (Phi) is 2.63. The summed E-state index contributed by atoms with van der Waals surface area (Å²) in [5, 5.41) is 0. The maximum Gasteiger partial charge on any atom is 0.0390 e. The lowest BCUT2D eigenvalue weighted by Gasteiger charge is -2.09. The number of allylic oxidation sites excluding steroid dienone is 3. The quantitative estimate of drug-likeness (QED) is 0.585. The first-order chi connectivity index (χ1) is 7.24. The summed E-state index contributed by atoms with van der Waals surface area (Å²) in [5.74, 6) is 1.46. The number of nitrogen functional groups attached to an aromatic ring is 1. The second-order valence-electron chi connectivity index (χ2n) is 4.26. The largest absolute Gasteiger partial charge is 0.398 e. The fourth-order valence-corrected chi connectivity index (χ4v) is 2.06. The van der Waals surface area contributed by atoms with Crippen molar-refractivity contribution in [3.05, 3.63) is 48.6 Å². The maximum absolute atomic E-state index is 5.99. The summed E-state index contributed by atoms with van der Waals surface area (Å²) in [6.07, 6.45) is 5.22. The minimum Gasteiger partial charge on any atom is -0.398 e. The van der Waals surface area contributed by atoms with Crippen LogP contribution in [-0.4, -0.2) is 0 Å². The maximum atomic E-state index is 5.99. The highest BCUT2D eigenvalue weighted by Gasteiger charge is 2.36. The zero-order chi connectivity index (χ0) is 10.8. The van der Waals surface area contributed by atoms with Gasteiger partial charge >= 0.3 is 0 Å². The van der Waals surface area contributed by atoms with Gasteiger partial charge in [-0.15, -0.1) is 0 Å². The molecule has 1 nitrogen and oxygen atoms in total. The molecule has 0 aromatic heterocycles. The molecule has 15 heavy (non-hydrogen) atoms. The molecule has 1 saturated carbocycles. The normalized spacial score (nSPS) is 25.0. The fourth-order valence-electron chi connectivity index (χ4n) is 2.06. The number of benzene rings is 1. The Balaban J connectivity index is 2.38. The first-order valence-corrected chi connectivity index (χ1v) is 5.41. The third-order valence-corrected chi connectivity index (χ3v) is 3.08. The molecule has 1 aromatic carbocycles. The van der Waals surface area contributed by atoms with Crippen LogP contribution in [0.15, 0.2) is 43.0 Å². The second-order valence-corrected chi connectivity index (χ2v) is 4.26. The summed E-state index contributed by atoms with van der Waals surface area (Å²) in [6, 6.07) is 8.06. The number of para-hydroxylation sites is 1. The first kappa shape index (κ1) is 10.0. The van der Waals surface area contributed by atoms with E-state index >= 15 is 0 Å². The van der Waals surface area contributed by atoms with Crippen LogP contribution in [0.1, 0.15) is 18.9 Å². The summed E-state index contributed by atoms with van der Waals surface area (Å²) in [4.78, 5) is 0. The minimum atomic E-state index is 0.674. The van der Waals surface area contributed by atoms with Crippen LogP contribution >= 0.6 is 0 Å². The van der Waals surface area contributed by atoms with E-state index in [1.54, 1.807) is 0 Å². The fraction of sp³-hybridized carbons (Fsp3) is 0.286. The summed E-state index contributed by atoms with van der Waals surface area (Å²) in [7, 11) is 0. The van der Waals surface area contributed by atoms with Crippen molar-refractivity contribution in [3.8, 4) is 0 Å². The highest BCUT2D eigenvalue weighted by molar-refractivity contribution is 5.78. The number of anilines is 1. The molecule has 0 spiro atoms. The molecule has 1 aliphatic carbocycles. The summed E-state index contributed by atoms with van der Waals surface area (Å²) < 4.78 is 0. The summed E-state index contributed by atoms with van der Waals surface area (Å²) in [5.41, 5.74) is 9.37. The Labute approximate surface area is 91.3 Å². The predicted molar refractivity (Wildman–Crippen MR) is 66.3 cm³/mol. The molecular weight excluding hydrogens is 182 g/mol. The van der Waals surface area contributed by atoms with E-state index in [9.17, 15) is 0 Å². The van der Waals surface area contributed by atoms with E-state index in [1.807, 2.05) is 24.3 Å². The molecule has 0 amide bonds. The number of nitrogens with two attached hydrogens (primary N) is 1. The molecule has 0 aliphatic heterocycles. The van der Waals surface area contributed by atoms with Crippen LogP contribution in [0.2, 0.25) is 0 Å². The van der Waals surface area contributed by atoms with E-state index in [2.05, 4.69) is 25.6 Å². The van der Waals surface area contributed by atoms with Crippen molar-refractivity contribution in [2.45, 2.75) is 13.3 Å². The van der Waals surface area contributed by atoms with Crippen molar-refractivity contribution in [3.63, 3.8) is 0 Å². The summed E-state index contributed by atoms with van der Waals surface area (Å²) >= 11 is 0. The molecule has 78 valence electrons. The van der Waals surface area contributed by atoms with Gasteiger partial charge in [-0.25, -0.2) is 0 Å². The molecule has 0 heterocycles. The smallest absolute Gasteiger partial charge is 0.0390 e. The predicted octanol–water partition coefficient (Wildman–Crippen LogP) is 3.49. The first-order valence-electron chi connectivity index (χ1n) is 5.41. The molecule has 2 N–H and O–H groups in total.